The Bertz CT molecular complexity index is 736. The van der Waals surface area contributed by atoms with E-state index in [9.17, 15) is 13.2 Å². The third-order valence-corrected chi connectivity index (χ3v) is 6.86. The van der Waals surface area contributed by atoms with Gasteiger partial charge in [-0.25, -0.2) is 8.42 Å². The molecule has 4 nitrogen and oxygen atoms in total. The summed E-state index contributed by atoms with van der Waals surface area (Å²) in [5.74, 6) is 0.442. The van der Waals surface area contributed by atoms with Gasteiger partial charge < -0.3 is 5.32 Å². The van der Waals surface area contributed by atoms with E-state index in [1.165, 1.54) is 12.5 Å². The van der Waals surface area contributed by atoms with Crippen molar-refractivity contribution in [2.45, 2.75) is 44.0 Å². The SMILES string of the molecule is CC1CCCC(NC(=O)C2=Cc3ccccc3S2(=O)=O)C1C. The molecule has 1 N–H and O–H groups in total. The van der Waals surface area contributed by atoms with Gasteiger partial charge in [0.2, 0.25) is 9.84 Å². The molecule has 0 bridgehead atoms. The van der Waals surface area contributed by atoms with Gasteiger partial charge in [0.15, 0.2) is 0 Å². The Balaban J connectivity index is 1.82. The van der Waals surface area contributed by atoms with Gasteiger partial charge >= 0.3 is 0 Å². The largest absolute Gasteiger partial charge is 0.348 e. The summed E-state index contributed by atoms with van der Waals surface area (Å²) >= 11 is 0. The number of carbonyl (C=O) groups is 1. The van der Waals surface area contributed by atoms with Crippen LogP contribution in [0, 0.1) is 11.8 Å². The van der Waals surface area contributed by atoms with Gasteiger partial charge in [0.05, 0.1) is 4.90 Å². The van der Waals surface area contributed by atoms with Gasteiger partial charge in [-0.2, -0.15) is 0 Å². The molecule has 1 saturated carbocycles. The predicted octanol–water partition coefficient (Wildman–Crippen LogP) is 2.76. The van der Waals surface area contributed by atoms with Gasteiger partial charge in [-0.15, -0.1) is 0 Å². The fourth-order valence-corrected chi connectivity index (χ4v) is 4.91. The summed E-state index contributed by atoms with van der Waals surface area (Å²) in [6.45, 7) is 4.31. The first kappa shape index (κ1) is 15.3. The zero-order valence-electron chi connectivity index (χ0n) is 12.9. The summed E-state index contributed by atoms with van der Waals surface area (Å²) in [6, 6.07) is 6.77. The first-order valence-corrected chi connectivity index (χ1v) is 9.26. The molecule has 118 valence electrons. The molecule has 3 rings (SSSR count). The summed E-state index contributed by atoms with van der Waals surface area (Å²) in [5, 5.41) is 2.95. The van der Waals surface area contributed by atoms with Crippen LogP contribution in [0.4, 0.5) is 0 Å². The Hall–Kier alpha value is -1.62. The molecule has 1 heterocycles. The smallest absolute Gasteiger partial charge is 0.263 e. The van der Waals surface area contributed by atoms with E-state index >= 15 is 0 Å². The number of rotatable bonds is 2. The molecule has 1 aromatic rings. The van der Waals surface area contributed by atoms with E-state index in [1.54, 1.807) is 24.3 Å². The molecule has 1 aromatic carbocycles. The molecule has 0 radical (unpaired) electrons. The zero-order chi connectivity index (χ0) is 15.9. The standard InChI is InChI=1S/C17H21NO3S/c1-11-6-5-8-14(12(11)2)18-17(19)16-10-13-7-3-4-9-15(13)22(16,20)21/h3-4,7,9-12,14H,5-6,8H2,1-2H3,(H,18,19). The Kier molecular flexibility index (Phi) is 3.85. The average molecular weight is 319 g/mol. The summed E-state index contributed by atoms with van der Waals surface area (Å²) in [4.78, 5) is 12.6. The molecule has 0 spiro atoms. The van der Waals surface area contributed by atoms with E-state index in [-0.39, 0.29) is 15.8 Å². The predicted molar refractivity (Wildman–Crippen MR) is 85.7 cm³/mol. The summed E-state index contributed by atoms with van der Waals surface area (Å²) in [5.41, 5.74) is 0.595. The first-order chi connectivity index (χ1) is 10.4. The van der Waals surface area contributed by atoms with Crippen LogP contribution in [0.3, 0.4) is 0 Å². The fourth-order valence-electron chi connectivity index (χ4n) is 3.39. The van der Waals surface area contributed by atoms with Gasteiger partial charge in [-0.1, -0.05) is 44.9 Å². The molecule has 1 aliphatic carbocycles. The quantitative estimate of drug-likeness (QED) is 0.911. The van der Waals surface area contributed by atoms with Crippen LogP contribution in [-0.4, -0.2) is 20.4 Å². The Morgan fingerprint density at radius 2 is 1.91 bits per heavy atom. The molecule has 0 aromatic heterocycles. The molecule has 2 aliphatic rings. The normalized spacial score (nSPS) is 29.5. The number of amides is 1. The van der Waals surface area contributed by atoms with Crippen molar-refractivity contribution in [2.75, 3.05) is 0 Å². The number of hydrogen-bond donors (Lipinski definition) is 1. The van der Waals surface area contributed by atoms with Crippen LogP contribution in [0.25, 0.3) is 6.08 Å². The first-order valence-electron chi connectivity index (χ1n) is 7.78. The molecule has 22 heavy (non-hydrogen) atoms. The Labute approximate surface area is 131 Å². The number of sulfone groups is 1. The highest BCUT2D eigenvalue weighted by Crippen LogP contribution is 2.34. The van der Waals surface area contributed by atoms with Crippen LogP contribution in [0.2, 0.25) is 0 Å². The number of fused-ring (bicyclic) bond motifs is 1. The molecule has 3 unspecified atom stereocenters. The molecular weight excluding hydrogens is 298 g/mol. The Morgan fingerprint density at radius 3 is 2.64 bits per heavy atom. The lowest BCUT2D eigenvalue weighted by Gasteiger charge is -2.34. The van der Waals surface area contributed by atoms with Gasteiger partial charge in [0, 0.05) is 6.04 Å². The van der Waals surface area contributed by atoms with Crippen molar-refractivity contribution in [3.8, 4) is 0 Å². The van der Waals surface area contributed by atoms with Gasteiger partial charge in [-0.05, 0) is 36.0 Å². The van der Waals surface area contributed by atoms with Crippen molar-refractivity contribution in [3.63, 3.8) is 0 Å². The van der Waals surface area contributed by atoms with E-state index in [0.717, 1.165) is 12.8 Å². The highest BCUT2D eigenvalue weighted by Gasteiger charge is 2.36. The Morgan fingerprint density at radius 1 is 1.18 bits per heavy atom. The van der Waals surface area contributed by atoms with E-state index in [2.05, 4.69) is 19.2 Å². The van der Waals surface area contributed by atoms with Crippen LogP contribution in [0.15, 0.2) is 34.1 Å². The molecule has 5 heteroatoms. The number of nitrogens with one attached hydrogen (secondary N) is 1. The maximum Gasteiger partial charge on any atom is 0.263 e. The minimum atomic E-state index is -3.68. The minimum Gasteiger partial charge on any atom is -0.348 e. The van der Waals surface area contributed by atoms with Gasteiger partial charge in [-0.3, -0.25) is 4.79 Å². The average Bonchev–Trinajstić information content (AvgIpc) is 2.76. The second-order valence-corrected chi connectivity index (χ2v) is 8.28. The topological polar surface area (TPSA) is 63.2 Å². The van der Waals surface area contributed by atoms with Gasteiger partial charge in [0.1, 0.15) is 4.91 Å². The van der Waals surface area contributed by atoms with Crippen molar-refractivity contribution in [3.05, 3.63) is 34.7 Å². The lowest BCUT2D eigenvalue weighted by Crippen LogP contribution is -2.44. The monoisotopic (exact) mass is 319 g/mol. The van der Waals surface area contributed by atoms with Crippen molar-refractivity contribution in [1.29, 1.82) is 0 Å². The number of benzene rings is 1. The zero-order valence-corrected chi connectivity index (χ0v) is 13.7. The van der Waals surface area contributed by atoms with Gasteiger partial charge in [0.25, 0.3) is 5.91 Å². The summed E-state index contributed by atoms with van der Waals surface area (Å²) < 4.78 is 25.0. The number of carbonyl (C=O) groups excluding carboxylic acids is 1. The molecule has 0 saturated heterocycles. The second-order valence-electron chi connectivity index (χ2n) is 6.40. The van der Waals surface area contributed by atoms with Crippen molar-refractivity contribution in [2.24, 2.45) is 11.8 Å². The molecule has 3 atom stereocenters. The summed E-state index contributed by atoms with van der Waals surface area (Å²) in [7, 11) is -3.68. The van der Waals surface area contributed by atoms with Crippen LogP contribution in [0.1, 0.15) is 38.7 Å². The lowest BCUT2D eigenvalue weighted by molar-refractivity contribution is -0.118. The van der Waals surface area contributed by atoms with E-state index in [0.29, 0.717) is 17.4 Å². The van der Waals surface area contributed by atoms with Crippen LogP contribution < -0.4 is 5.32 Å². The van der Waals surface area contributed by atoms with Crippen LogP contribution in [0.5, 0.6) is 0 Å². The van der Waals surface area contributed by atoms with Crippen molar-refractivity contribution < 1.29 is 13.2 Å². The van der Waals surface area contributed by atoms with E-state index in [4.69, 9.17) is 0 Å². The maximum atomic E-state index is 12.5. The summed E-state index contributed by atoms with van der Waals surface area (Å²) in [6.07, 6.45) is 4.64. The molecule has 1 fully saturated rings. The molecule has 1 aliphatic heterocycles. The number of hydrogen-bond acceptors (Lipinski definition) is 3. The minimum absolute atomic E-state index is 0.0519. The molecule has 1 amide bonds. The molecular formula is C17H21NO3S. The van der Waals surface area contributed by atoms with Crippen LogP contribution >= 0.6 is 0 Å². The highest BCUT2D eigenvalue weighted by atomic mass is 32.2. The lowest BCUT2D eigenvalue weighted by atomic mass is 9.78. The van der Waals surface area contributed by atoms with Crippen molar-refractivity contribution >= 4 is 21.8 Å². The van der Waals surface area contributed by atoms with E-state index in [1.807, 2.05) is 0 Å². The van der Waals surface area contributed by atoms with Crippen molar-refractivity contribution in [1.82, 2.24) is 5.32 Å². The third-order valence-electron chi connectivity index (χ3n) is 5.03. The third kappa shape index (κ3) is 2.47. The van der Waals surface area contributed by atoms with Crippen LogP contribution in [-0.2, 0) is 14.6 Å². The highest BCUT2D eigenvalue weighted by molar-refractivity contribution is 7.96. The second kappa shape index (κ2) is 5.54. The van der Waals surface area contributed by atoms with E-state index < -0.39 is 15.7 Å². The maximum absolute atomic E-state index is 12.5. The fraction of sp³-hybridized carbons (Fsp3) is 0.471.